The molecule has 0 aliphatic heterocycles. The zero-order chi connectivity index (χ0) is 13.8. The smallest absolute Gasteiger partial charge is 0.135 e. The van der Waals surface area contributed by atoms with Crippen LogP contribution in [0, 0.1) is 5.82 Å². The summed E-state index contributed by atoms with van der Waals surface area (Å²) in [7, 11) is 0. The Labute approximate surface area is 123 Å². The normalized spacial score (nSPS) is 22.4. The molecule has 2 atom stereocenters. The molecule has 3 N–H and O–H groups in total. The monoisotopic (exact) mass is 298 g/mol. The minimum atomic E-state index is -0.352. The number of rotatable bonds is 5. The molecule has 104 valence electrons. The highest BCUT2D eigenvalue weighted by Gasteiger charge is 2.27. The van der Waals surface area contributed by atoms with Gasteiger partial charge in [-0.2, -0.15) is 11.8 Å². The number of thiocarbonyl (C=S) groups is 1. The molecule has 19 heavy (non-hydrogen) atoms. The Hall–Kier alpha value is -0.810. The molecule has 1 aliphatic rings. The fourth-order valence-corrected chi connectivity index (χ4v) is 3.89. The van der Waals surface area contributed by atoms with Gasteiger partial charge in [-0.3, -0.25) is 0 Å². The largest absolute Gasteiger partial charge is 0.389 e. The predicted octanol–water partition coefficient (Wildman–Crippen LogP) is 3.55. The van der Waals surface area contributed by atoms with Crippen molar-refractivity contribution < 1.29 is 4.39 Å². The number of anilines is 1. The van der Waals surface area contributed by atoms with Crippen molar-refractivity contribution in [2.75, 3.05) is 11.1 Å². The van der Waals surface area contributed by atoms with Crippen molar-refractivity contribution >= 4 is 34.7 Å². The van der Waals surface area contributed by atoms with Crippen LogP contribution in [0.25, 0.3) is 0 Å². The fourth-order valence-electron chi connectivity index (χ4n) is 2.52. The van der Waals surface area contributed by atoms with E-state index in [1.165, 1.54) is 18.9 Å². The van der Waals surface area contributed by atoms with E-state index in [1.54, 1.807) is 6.07 Å². The second-order valence-electron chi connectivity index (χ2n) is 4.73. The summed E-state index contributed by atoms with van der Waals surface area (Å²) in [5, 5.41) is 4.07. The van der Waals surface area contributed by atoms with Crippen molar-refractivity contribution in [3.05, 3.63) is 29.6 Å². The molecule has 0 spiro atoms. The summed E-state index contributed by atoms with van der Waals surface area (Å²) in [6.07, 6.45) is 3.63. The van der Waals surface area contributed by atoms with Gasteiger partial charge in [0.2, 0.25) is 0 Å². The molecule has 0 heterocycles. The summed E-state index contributed by atoms with van der Waals surface area (Å²) in [5.74, 6) is 0.771. The number of nitrogens with two attached hydrogens (primary N) is 1. The number of thioether (sulfide) groups is 1. The van der Waals surface area contributed by atoms with E-state index in [-0.39, 0.29) is 10.8 Å². The zero-order valence-electron chi connectivity index (χ0n) is 11.0. The van der Waals surface area contributed by atoms with Gasteiger partial charge in [0.1, 0.15) is 10.8 Å². The summed E-state index contributed by atoms with van der Waals surface area (Å²) in [6, 6.07) is 5.42. The Bertz CT molecular complexity index is 465. The molecule has 1 saturated carbocycles. The molecule has 1 fully saturated rings. The summed E-state index contributed by atoms with van der Waals surface area (Å²) in [4.78, 5) is 0.101. The molecule has 1 aliphatic carbocycles. The number of nitrogens with one attached hydrogen (secondary N) is 1. The maximum absolute atomic E-state index is 13.8. The zero-order valence-corrected chi connectivity index (χ0v) is 12.6. The number of hydrogen-bond acceptors (Lipinski definition) is 3. The van der Waals surface area contributed by atoms with E-state index in [4.69, 9.17) is 18.0 Å². The van der Waals surface area contributed by atoms with Crippen LogP contribution in [0.15, 0.2) is 18.2 Å². The van der Waals surface area contributed by atoms with Gasteiger partial charge < -0.3 is 11.1 Å². The lowest BCUT2D eigenvalue weighted by Crippen LogP contribution is -2.26. The van der Waals surface area contributed by atoms with E-state index in [2.05, 4.69) is 12.2 Å². The first kappa shape index (κ1) is 14.6. The van der Waals surface area contributed by atoms with Crippen molar-refractivity contribution in [2.45, 2.75) is 37.5 Å². The molecular weight excluding hydrogens is 279 g/mol. The van der Waals surface area contributed by atoms with E-state index in [0.29, 0.717) is 16.9 Å². The second-order valence-corrected chi connectivity index (χ2v) is 6.69. The van der Waals surface area contributed by atoms with Crippen molar-refractivity contribution in [1.29, 1.82) is 0 Å². The van der Waals surface area contributed by atoms with Gasteiger partial charge in [0.15, 0.2) is 0 Å². The van der Waals surface area contributed by atoms with Gasteiger partial charge in [-0.1, -0.05) is 25.6 Å². The van der Waals surface area contributed by atoms with Gasteiger partial charge in [-0.05, 0) is 36.8 Å². The van der Waals surface area contributed by atoms with Crippen LogP contribution in [0.1, 0.15) is 31.7 Å². The van der Waals surface area contributed by atoms with Crippen LogP contribution in [0.3, 0.4) is 0 Å². The van der Waals surface area contributed by atoms with Gasteiger partial charge >= 0.3 is 0 Å². The van der Waals surface area contributed by atoms with Crippen LogP contribution in [-0.4, -0.2) is 22.0 Å². The summed E-state index contributed by atoms with van der Waals surface area (Å²) in [5.41, 5.74) is 6.58. The summed E-state index contributed by atoms with van der Waals surface area (Å²) in [6.45, 7) is 2.18. The van der Waals surface area contributed by atoms with Crippen LogP contribution in [-0.2, 0) is 0 Å². The molecule has 0 saturated heterocycles. The Morgan fingerprint density at radius 2 is 2.32 bits per heavy atom. The van der Waals surface area contributed by atoms with E-state index in [0.717, 1.165) is 17.9 Å². The fraction of sp³-hybridized carbons (Fsp3) is 0.500. The van der Waals surface area contributed by atoms with Crippen LogP contribution in [0.4, 0.5) is 10.1 Å². The first-order valence-electron chi connectivity index (χ1n) is 6.59. The first-order valence-corrected chi connectivity index (χ1v) is 8.05. The second kappa shape index (κ2) is 6.57. The molecule has 0 amide bonds. The van der Waals surface area contributed by atoms with E-state index < -0.39 is 0 Å². The number of hydrogen-bond donors (Lipinski definition) is 2. The maximum Gasteiger partial charge on any atom is 0.135 e. The molecule has 0 aromatic heterocycles. The molecule has 1 aromatic rings. The minimum absolute atomic E-state index is 0.101. The lowest BCUT2D eigenvalue weighted by atomic mass is 10.1. The molecule has 0 radical (unpaired) electrons. The van der Waals surface area contributed by atoms with Gasteiger partial charge in [-0.15, -0.1) is 0 Å². The third-order valence-electron chi connectivity index (χ3n) is 3.42. The molecule has 1 aromatic carbocycles. The van der Waals surface area contributed by atoms with Gasteiger partial charge in [0, 0.05) is 22.5 Å². The van der Waals surface area contributed by atoms with Gasteiger partial charge in [0.05, 0.1) is 0 Å². The van der Waals surface area contributed by atoms with Crippen molar-refractivity contribution in [3.8, 4) is 0 Å². The van der Waals surface area contributed by atoms with Crippen LogP contribution < -0.4 is 11.1 Å². The Kier molecular flexibility index (Phi) is 5.05. The van der Waals surface area contributed by atoms with Crippen LogP contribution >= 0.6 is 24.0 Å². The highest BCUT2D eigenvalue weighted by Crippen LogP contribution is 2.32. The minimum Gasteiger partial charge on any atom is -0.389 e. The Morgan fingerprint density at radius 3 is 2.95 bits per heavy atom. The standard InChI is InChI=1S/C14H19FN2S2/c1-2-19-13-5-3-4-12(13)17-9-6-7-10(14(16)18)11(15)8-9/h6-8,12-13,17H,2-5H2,1H3,(H2,16,18). The molecule has 0 bridgehead atoms. The van der Waals surface area contributed by atoms with Crippen molar-refractivity contribution in [2.24, 2.45) is 5.73 Å². The maximum atomic E-state index is 13.8. The molecule has 2 rings (SSSR count). The number of benzene rings is 1. The molecule has 2 unspecified atom stereocenters. The summed E-state index contributed by atoms with van der Waals surface area (Å²) >= 11 is 6.79. The predicted molar refractivity (Wildman–Crippen MR) is 85.5 cm³/mol. The van der Waals surface area contributed by atoms with Crippen molar-refractivity contribution in [1.82, 2.24) is 0 Å². The first-order chi connectivity index (χ1) is 9.11. The average molecular weight is 298 g/mol. The Balaban J connectivity index is 2.07. The molecule has 5 heteroatoms. The SMILES string of the molecule is CCSC1CCCC1Nc1ccc(C(N)=S)c(F)c1. The average Bonchev–Trinajstić information content (AvgIpc) is 2.77. The van der Waals surface area contributed by atoms with E-state index in [9.17, 15) is 4.39 Å². The lowest BCUT2D eigenvalue weighted by Gasteiger charge is -2.21. The van der Waals surface area contributed by atoms with Gasteiger partial charge in [-0.25, -0.2) is 4.39 Å². The topological polar surface area (TPSA) is 38.0 Å². The Morgan fingerprint density at radius 1 is 1.53 bits per heavy atom. The molecule has 2 nitrogen and oxygen atoms in total. The number of halogens is 1. The lowest BCUT2D eigenvalue weighted by molar-refractivity contribution is 0.625. The third kappa shape index (κ3) is 3.60. The van der Waals surface area contributed by atoms with E-state index in [1.807, 2.05) is 17.8 Å². The quantitative estimate of drug-likeness (QED) is 0.815. The van der Waals surface area contributed by atoms with Crippen molar-refractivity contribution in [3.63, 3.8) is 0 Å². The van der Waals surface area contributed by atoms with E-state index >= 15 is 0 Å². The third-order valence-corrected chi connectivity index (χ3v) is 4.97. The highest BCUT2D eigenvalue weighted by molar-refractivity contribution is 7.99. The highest BCUT2D eigenvalue weighted by atomic mass is 32.2. The van der Waals surface area contributed by atoms with Crippen LogP contribution in [0.2, 0.25) is 0 Å². The van der Waals surface area contributed by atoms with Gasteiger partial charge in [0.25, 0.3) is 0 Å². The summed E-state index contributed by atoms with van der Waals surface area (Å²) < 4.78 is 13.8. The van der Waals surface area contributed by atoms with Crippen LogP contribution in [0.5, 0.6) is 0 Å². The molecular formula is C14H19FN2S2.